The number of H-pyrrole nitrogens is 1. The molecule has 74 valence electrons. The van der Waals surface area contributed by atoms with Crippen LogP contribution in [-0.2, 0) is 7.05 Å². The van der Waals surface area contributed by atoms with Crippen LogP contribution in [0.2, 0.25) is 0 Å². The van der Waals surface area contributed by atoms with Crippen molar-refractivity contribution >= 4 is 27.1 Å². The van der Waals surface area contributed by atoms with Gasteiger partial charge in [-0.1, -0.05) is 0 Å². The first-order chi connectivity index (χ1) is 6.63. The number of nitrogens with one attached hydrogen (secondary N) is 1. The summed E-state index contributed by atoms with van der Waals surface area (Å²) in [5.74, 6) is 0.465. The monoisotopic (exact) mass is 257 g/mol. The molecule has 0 aliphatic rings. The molecule has 0 aliphatic heterocycles. The highest BCUT2D eigenvalue weighted by Gasteiger charge is 2.09. The Bertz CT molecular complexity index is 543. The van der Waals surface area contributed by atoms with E-state index in [1.165, 1.54) is 11.7 Å². The summed E-state index contributed by atoms with van der Waals surface area (Å²) in [6.07, 6.45) is 0. The summed E-state index contributed by atoms with van der Waals surface area (Å²) in [5.41, 5.74) is 1.08. The van der Waals surface area contributed by atoms with Crippen molar-refractivity contribution in [2.45, 2.75) is 0 Å². The third kappa shape index (κ3) is 1.22. The second-order valence-electron chi connectivity index (χ2n) is 2.84. The molecule has 0 aromatic carbocycles. The summed E-state index contributed by atoms with van der Waals surface area (Å²) >= 11 is 3.29. The van der Waals surface area contributed by atoms with E-state index in [2.05, 4.69) is 25.9 Å². The summed E-state index contributed by atoms with van der Waals surface area (Å²) in [4.78, 5) is 18.1. The minimum atomic E-state index is -0.187. The van der Waals surface area contributed by atoms with E-state index in [1.807, 2.05) is 0 Å². The maximum Gasteiger partial charge on any atom is 0.327 e. The largest absolute Gasteiger partial charge is 0.480 e. The summed E-state index contributed by atoms with van der Waals surface area (Å²) in [5, 5.41) is 0. The van der Waals surface area contributed by atoms with E-state index in [9.17, 15) is 4.79 Å². The number of nitrogens with zero attached hydrogens (tertiary/aromatic N) is 2. The van der Waals surface area contributed by atoms with Crippen LogP contribution in [0.15, 0.2) is 15.3 Å². The molecule has 0 saturated carbocycles. The van der Waals surface area contributed by atoms with E-state index >= 15 is 0 Å². The van der Waals surface area contributed by atoms with Gasteiger partial charge >= 0.3 is 5.69 Å². The van der Waals surface area contributed by atoms with Crippen molar-refractivity contribution in [1.82, 2.24) is 14.5 Å². The molecule has 0 aliphatic carbocycles. The normalized spacial score (nSPS) is 10.8. The standard InChI is InChI=1S/C8H8BrN3O2/c1-12-6-5(10-8(12)13)3-4(9)7(11-6)14-2/h3H,1-2H3,(H,10,13). The van der Waals surface area contributed by atoms with Crippen molar-refractivity contribution in [1.29, 1.82) is 0 Å². The van der Waals surface area contributed by atoms with E-state index in [0.29, 0.717) is 21.5 Å². The molecule has 1 N–H and O–H groups in total. The maximum atomic E-state index is 11.3. The van der Waals surface area contributed by atoms with Crippen molar-refractivity contribution in [3.05, 3.63) is 21.0 Å². The summed E-state index contributed by atoms with van der Waals surface area (Å²) in [6, 6.07) is 1.77. The van der Waals surface area contributed by atoms with Crippen LogP contribution in [-0.4, -0.2) is 21.6 Å². The van der Waals surface area contributed by atoms with Gasteiger partial charge in [0.2, 0.25) is 5.88 Å². The highest BCUT2D eigenvalue weighted by molar-refractivity contribution is 9.10. The number of ether oxygens (including phenoxy) is 1. The molecule has 0 radical (unpaired) electrons. The Hall–Kier alpha value is -1.30. The molecule has 0 fully saturated rings. The number of hydrogen-bond acceptors (Lipinski definition) is 3. The predicted molar refractivity (Wildman–Crippen MR) is 55.6 cm³/mol. The first-order valence-electron chi connectivity index (χ1n) is 3.92. The Morgan fingerprint density at radius 2 is 2.36 bits per heavy atom. The average Bonchev–Trinajstić information content (AvgIpc) is 2.41. The zero-order chi connectivity index (χ0) is 10.3. The van der Waals surface area contributed by atoms with Gasteiger partial charge in [0.25, 0.3) is 0 Å². The number of pyridine rings is 1. The number of aromatic nitrogens is 3. The lowest BCUT2D eigenvalue weighted by Crippen LogP contribution is -2.12. The van der Waals surface area contributed by atoms with Gasteiger partial charge in [0.15, 0.2) is 5.65 Å². The second kappa shape index (κ2) is 3.13. The number of imidazole rings is 1. The first kappa shape index (κ1) is 9.26. The fraction of sp³-hybridized carbons (Fsp3) is 0.250. The number of fused-ring (bicyclic) bond motifs is 1. The third-order valence-electron chi connectivity index (χ3n) is 1.98. The quantitative estimate of drug-likeness (QED) is 0.831. The van der Waals surface area contributed by atoms with Gasteiger partial charge in [0, 0.05) is 7.05 Å². The smallest absolute Gasteiger partial charge is 0.327 e. The third-order valence-corrected chi connectivity index (χ3v) is 2.55. The Labute approximate surface area is 87.8 Å². The van der Waals surface area contributed by atoms with E-state index in [4.69, 9.17) is 4.74 Å². The molecule has 0 unspecified atom stereocenters. The number of rotatable bonds is 1. The van der Waals surface area contributed by atoms with Gasteiger partial charge in [-0.25, -0.2) is 4.79 Å². The molecule has 2 aromatic rings. The Morgan fingerprint density at radius 3 is 3.00 bits per heavy atom. The van der Waals surface area contributed by atoms with Gasteiger partial charge in [-0.3, -0.25) is 4.57 Å². The first-order valence-corrected chi connectivity index (χ1v) is 4.72. The zero-order valence-corrected chi connectivity index (χ0v) is 9.25. The lowest BCUT2D eigenvalue weighted by atomic mass is 10.4. The number of aryl methyl sites for hydroxylation is 1. The van der Waals surface area contributed by atoms with Gasteiger partial charge in [-0.2, -0.15) is 4.98 Å². The molecule has 0 spiro atoms. The molecular weight excluding hydrogens is 250 g/mol. The lowest BCUT2D eigenvalue weighted by molar-refractivity contribution is 0.396. The molecular formula is C8H8BrN3O2. The van der Waals surface area contributed by atoms with Crippen molar-refractivity contribution in [3.8, 4) is 5.88 Å². The minimum Gasteiger partial charge on any atom is -0.480 e. The molecule has 0 amide bonds. The van der Waals surface area contributed by atoms with E-state index in [0.717, 1.165) is 0 Å². The van der Waals surface area contributed by atoms with Crippen molar-refractivity contribution < 1.29 is 4.74 Å². The van der Waals surface area contributed by atoms with Gasteiger partial charge < -0.3 is 9.72 Å². The molecule has 2 heterocycles. The number of halogens is 1. The van der Waals surface area contributed by atoms with Gasteiger partial charge in [-0.05, 0) is 22.0 Å². The number of hydrogen-bond donors (Lipinski definition) is 1. The Kier molecular flexibility index (Phi) is 2.07. The molecule has 6 heteroatoms. The van der Waals surface area contributed by atoms with E-state index in [-0.39, 0.29) is 5.69 Å². The summed E-state index contributed by atoms with van der Waals surface area (Å²) in [7, 11) is 3.19. The van der Waals surface area contributed by atoms with Crippen LogP contribution in [0, 0.1) is 0 Å². The Morgan fingerprint density at radius 1 is 1.64 bits per heavy atom. The predicted octanol–water partition coefficient (Wildman–Crippen LogP) is 1.03. The summed E-state index contributed by atoms with van der Waals surface area (Å²) < 4.78 is 7.18. The SMILES string of the molecule is COc1nc2c(cc1Br)[nH]c(=O)n2C. The van der Waals surface area contributed by atoms with Crippen LogP contribution < -0.4 is 10.4 Å². The molecule has 2 rings (SSSR count). The van der Waals surface area contributed by atoms with Gasteiger partial charge in [-0.15, -0.1) is 0 Å². The van der Waals surface area contributed by atoms with Crippen LogP contribution in [0.3, 0.4) is 0 Å². The molecule has 14 heavy (non-hydrogen) atoms. The van der Waals surface area contributed by atoms with E-state index < -0.39 is 0 Å². The molecule has 0 atom stereocenters. The average molecular weight is 258 g/mol. The van der Waals surface area contributed by atoms with Crippen LogP contribution in [0.4, 0.5) is 0 Å². The van der Waals surface area contributed by atoms with Crippen LogP contribution >= 0.6 is 15.9 Å². The lowest BCUT2D eigenvalue weighted by Gasteiger charge is -2.01. The highest BCUT2D eigenvalue weighted by atomic mass is 79.9. The van der Waals surface area contributed by atoms with Crippen molar-refractivity contribution in [2.24, 2.45) is 7.05 Å². The second-order valence-corrected chi connectivity index (χ2v) is 3.69. The molecule has 0 saturated heterocycles. The molecule has 2 aromatic heterocycles. The van der Waals surface area contributed by atoms with Gasteiger partial charge in [0.1, 0.15) is 0 Å². The van der Waals surface area contributed by atoms with Crippen molar-refractivity contribution in [3.63, 3.8) is 0 Å². The fourth-order valence-electron chi connectivity index (χ4n) is 1.25. The molecule has 0 bridgehead atoms. The van der Waals surface area contributed by atoms with E-state index in [1.54, 1.807) is 13.1 Å². The fourth-order valence-corrected chi connectivity index (χ4v) is 1.73. The van der Waals surface area contributed by atoms with Crippen LogP contribution in [0.25, 0.3) is 11.2 Å². The highest BCUT2D eigenvalue weighted by Crippen LogP contribution is 2.24. The summed E-state index contributed by atoms with van der Waals surface area (Å²) in [6.45, 7) is 0. The maximum absolute atomic E-state index is 11.3. The molecule has 5 nitrogen and oxygen atoms in total. The number of methoxy groups -OCH3 is 1. The minimum absolute atomic E-state index is 0.187. The van der Waals surface area contributed by atoms with Crippen LogP contribution in [0.5, 0.6) is 5.88 Å². The topological polar surface area (TPSA) is 59.9 Å². The number of aromatic amines is 1. The zero-order valence-electron chi connectivity index (χ0n) is 7.67. The Balaban J connectivity index is 2.87. The van der Waals surface area contributed by atoms with Gasteiger partial charge in [0.05, 0.1) is 17.1 Å². The van der Waals surface area contributed by atoms with Crippen LogP contribution in [0.1, 0.15) is 0 Å². The van der Waals surface area contributed by atoms with Crippen molar-refractivity contribution in [2.75, 3.05) is 7.11 Å².